The van der Waals surface area contributed by atoms with E-state index in [1.54, 1.807) is 24.3 Å². The predicted octanol–water partition coefficient (Wildman–Crippen LogP) is 7.11. The largest absolute Gasteiger partial charge is 0.481 e. The van der Waals surface area contributed by atoms with Crippen LogP contribution in [0.15, 0.2) is 78.9 Å². The van der Waals surface area contributed by atoms with Crippen LogP contribution in [-0.4, -0.2) is 22.6 Å². The van der Waals surface area contributed by atoms with Crippen molar-refractivity contribution in [1.82, 2.24) is 0 Å². The van der Waals surface area contributed by atoms with E-state index in [1.165, 1.54) is 0 Å². The predicted molar refractivity (Wildman–Crippen MR) is 131 cm³/mol. The van der Waals surface area contributed by atoms with Gasteiger partial charge in [-0.05, 0) is 36.1 Å². The zero-order valence-electron chi connectivity index (χ0n) is 18.4. The first-order valence-corrected chi connectivity index (χ1v) is 11.5. The number of ketones is 2. The summed E-state index contributed by atoms with van der Waals surface area (Å²) in [6.45, 7) is 0. The maximum Gasteiger partial charge on any atom is 0.306 e. The van der Waals surface area contributed by atoms with Gasteiger partial charge in [-0.1, -0.05) is 91.2 Å². The molecular weight excluding hydrogens is 436 g/mol. The Morgan fingerprint density at radius 2 is 1.27 bits per heavy atom. The lowest BCUT2D eigenvalue weighted by Gasteiger charge is -2.12. The van der Waals surface area contributed by atoms with Gasteiger partial charge in [0.15, 0.2) is 11.6 Å². The summed E-state index contributed by atoms with van der Waals surface area (Å²) >= 11 is 5.93. The lowest BCUT2D eigenvalue weighted by molar-refractivity contribution is -0.141. The standard InChI is InChI=1S/C28H27ClO4/c29-25-17-15-21(16-18-25)20-11-13-23(14-12-20)27(31)19-24(28(32)33)9-5-2-6-10-26(30)22-7-3-1-4-8-22/h1,3-4,7-8,11-18,24H,2,5-6,9-10,19H2,(H,32,33). The SMILES string of the molecule is O=C(CCCCCC(CC(=O)c1ccc(-c2ccc(Cl)cc2)cc1)C(=O)O)c1ccccc1. The Hall–Kier alpha value is -3.24. The van der Waals surface area contributed by atoms with Crippen molar-refractivity contribution in [3.8, 4) is 11.1 Å². The second kappa shape index (κ2) is 12.1. The van der Waals surface area contributed by atoms with Crippen LogP contribution in [0.4, 0.5) is 0 Å². The molecule has 0 aliphatic heterocycles. The summed E-state index contributed by atoms with van der Waals surface area (Å²) in [4.78, 5) is 36.5. The Morgan fingerprint density at radius 1 is 0.697 bits per heavy atom. The molecule has 3 aromatic rings. The van der Waals surface area contributed by atoms with Crippen molar-refractivity contribution in [1.29, 1.82) is 0 Å². The molecule has 0 spiro atoms. The van der Waals surface area contributed by atoms with Gasteiger partial charge in [0, 0.05) is 29.0 Å². The normalized spacial score (nSPS) is 11.7. The van der Waals surface area contributed by atoms with Crippen molar-refractivity contribution in [2.45, 2.75) is 38.5 Å². The number of carbonyl (C=O) groups is 3. The van der Waals surface area contributed by atoms with Gasteiger partial charge in [0.1, 0.15) is 0 Å². The molecule has 1 N–H and O–H groups in total. The van der Waals surface area contributed by atoms with Gasteiger partial charge in [0.05, 0.1) is 5.92 Å². The fraction of sp³-hybridized carbons (Fsp3) is 0.250. The molecule has 0 aromatic heterocycles. The first-order chi connectivity index (χ1) is 15.9. The van der Waals surface area contributed by atoms with Gasteiger partial charge < -0.3 is 5.11 Å². The van der Waals surface area contributed by atoms with Gasteiger partial charge in [0.2, 0.25) is 0 Å². The van der Waals surface area contributed by atoms with Crippen LogP contribution in [0.25, 0.3) is 11.1 Å². The number of hydrogen-bond donors (Lipinski definition) is 1. The van der Waals surface area contributed by atoms with E-state index in [0.29, 0.717) is 41.8 Å². The van der Waals surface area contributed by atoms with Crippen molar-refractivity contribution in [2.24, 2.45) is 5.92 Å². The summed E-state index contributed by atoms with van der Waals surface area (Å²) in [6, 6.07) is 23.8. The van der Waals surface area contributed by atoms with Gasteiger partial charge in [-0.15, -0.1) is 0 Å². The molecule has 170 valence electrons. The van der Waals surface area contributed by atoms with E-state index in [2.05, 4.69) is 0 Å². The smallest absolute Gasteiger partial charge is 0.306 e. The maximum atomic E-state index is 12.7. The molecular formula is C28H27ClO4. The van der Waals surface area contributed by atoms with Crippen LogP contribution in [-0.2, 0) is 4.79 Å². The van der Waals surface area contributed by atoms with Crippen LogP contribution >= 0.6 is 11.6 Å². The highest BCUT2D eigenvalue weighted by molar-refractivity contribution is 6.30. The molecule has 1 atom stereocenters. The molecule has 0 bridgehead atoms. The van der Waals surface area contributed by atoms with E-state index in [9.17, 15) is 19.5 Å². The van der Waals surface area contributed by atoms with E-state index in [0.717, 1.165) is 17.5 Å². The lowest BCUT2D eigenvalue weighted by Crippen LogP contribution is -2.18. The molecule has 3 rings (SSSR count). The monoisotopic (exact) mass is 462 g/mol. The average molecular weight is 463 g/mol. The number of rotatable bonds is 12. The van der Waals surface area contributed by atoms with Crippen molar-refractivity contribution in [2.75, 3.05) is 0 Å². The summed E-state index contributed by atoms with van der Waals surface area (Å²) in [5, 5.41) is 10.2. The molecule has 5 heteroatoms. The number of halogens is 1. The second-order valence-electron chi connectivity index (χ2n) is 8.14. The summed E-state index contributed by atoms with van der Waals surface area (Å²) < 4.78 is 0. The van der Waals surface area contributed by atoms with Crippen molar-refractivity contribution in [3.63, 3.8) is 0 Å². The molecule has 0 fully saturated rings. The molecule has 0 aliphatic rings. The molecule has 3 aromatic carbocycles. The van der Waals surface area contributed by atoms with E-state index < -0.39 is 11.9 Å². The Balaban J connectivity index is 1.47. The molecule has 0 aliphatic carbocycles. The quantitative estimate of drug-likeness (QED) is 0.230. The third-order valence-electron chi connectivity index (χ3n) is 5.72. The molecule has 33 heavy (non-hydrogen) atoms. The Kier molecular flexibility index (Phi) is 8.96. The fourth-order valence-corrected chi connectivity index (χ4v) is 3.89. The van der Waals surface area contributed by atoms with Crippen LogP contribution in [0.2, 0.25) is 5.02 Å². The number of Topliss-reactive ketones (excluding diaryl/α,β-unsaturated/α-hetero) is 2. The first kappa shape index (κ1) is 24.4. The number of carboxylic acid groups (broad SMARTS) is 1. The van der Waals surface area contributed by atoms with Crippen molar-refractivity contribution >= 4 is 29.1 Å². The van der Waals surface area contributed by atoms with Gasteiger partial charge >= 0.3 is 5.97 Å². The Morgan fingerprint density at radius 3 is 1.88 bits per heavy atom. The molecule has 1 unspecified atom stereocenters. The number of unbranched alkanes of at least 4 members (excludes halogenated alkanes) is 2. The topological polar surface area (TPSA) is 71.4 Å². The van der Waals surface area contributed by atoms with Crippen LogP contribution in [0.1, 0.15) is 59.2 Å². The minimum Gasteiger partial charge on any atom is -0.481 e. The lowest BCUT2D eigenvalue weighted by atomic mass is 9.92. The number of aliphatic carboxylic acids is 1. The first-order valence-electron chi connectivity index (χ1n) is 11.1. The van der Waals surface area contributed by atoms with Gasteiger partial charge in [-0.2, -0.15) is 0 Å². The van der Waals surface area contributed by atoms with Crippen molar-refractivity contribution < 1.29 is 19.5 Å². The highest BCUT2D eigenvalue weighted by atomic mass is 35.5. The zero-order valence-corrected chi connectivity index (χ0v) is 19.1. The summed E-state index contributed by atoms with van der Waals surface area (Å²) in [6.07, 6.45) is 2.97. The molecule has 0 heterocycles. The second-order valence-corrected chi connectivity index (χ2v) is 8.57. The Bertz CT molecular complexity index is 1070. The Labute approximate surface area is 199 Å². The highest BCUT2D eigenvalue weighted by Crippen LogP contribution is 2.24. The summed E-state index contributed by atoms with van der Waals surface area (Å²) in [7, 11) is 0. The number of hydrogen-bond acceptors (Lipinski definition) is 3. The zero-order chi connectivity index (χ0) is 23.6. The maximum absolute atomic E-state index is 12.7. The highest BCUT2D eigenvalue weighted by Gasteiger charge is 2.21. The van der Waals surface area contributed by atoms with E-state index in [4.69, 9.17) is 11.6 Å². The molecule has 0 saturated carbocycles. The van der Waals surface area contributed by atoms with Gasteiger partial charge in [-0.25, -0.2) is 0 Å². The summed E-state index contributed by atoms with van der Waals surface area (Å²) in [5.41, 5.74) is 3.16. The van der Waals surface area contributed by atoms with E-state index >= 15 is 0 Å². The third kappa shape index (κ3) is 7.40. The van der Waals surface area contributed by atoms with Gasteiger partial charge in [-0.3, -0.25) is 14.4 Å². The van der Waals surface area contributed by atoms with Crippen molar-refractivity contribution in [3.05, 3.63) is 95.0 Å². The van der Waals surface area contributed by atoms with Crippen LogP contribution < -0.4 is 0 Å². The molecule has 0 radical (unpaired) electrons. The fourth-order valence-electron chi connectivity index (χ4n) is 3.77. The van der Waals surface area contributed by atoms with Crippen LogP contribution in [0.3, 0.4) is 0 Å². The molecule has 0 amide bonds. The van der Waals surface area contributed by atoms with Crippen LogP contribution in [0.5, 0.6) is 0 Å². The van der Waals surface area contributed by atoms with E-state index in [-0.39, 0.29) is 18.0 Å². The van der Waals surface area contributed by atoms with E-state index in [1.807, 2.05) is 54.6 Å². The van der Waals surface area contributed by atoms with Crippen LogP contribution in [0, 0.1) is 5.92 Å². The number of carbonyl (C=O) groups excluding carboxylic acids is 2. The minimum atomic E-state index is -0.957. The number of benzene rings is 3. The molecule has 4 nitrogen and oxygen atoms in total. The third-order valence-corrected chi connectivity index (χ3v) is 5.97. The average Bonchev–Trinajstić information content (AvgIpc) is 2.84. The van der Waals surface area contributed by atoms with Gasteiger partial charge in [0.25, 0.3) is 0 Å². The summed E-state index contributed by atoms with van der Waals surface area (Å²) in [5.74, 6) is -1.76. The molecule has 0 saturated heterocycles. The minimum absolute atomic E-state index is 0.0292. The number of carboxylic acids is 1.